The summed E-state index contributed by atoms with van der Waals surface area (Å²) in [7, 11) is 0. The summed E-state index contributed by atoms with van der Waals surface area (Å²) in [5.41, 5.74) is 2.13. The van der Waals surface area contributed by atoms with E-state index in [2.05, 4.69) is 19.2 Å². The van der Waals surface area contributed by atoms with Crippen molar-refractivity contribution in [2.24, 2.45) is 0 Å². The highest BCUT2D eigenvalue weighted by Gasteiger charge is 2.20. The summed E-state index contributed by atoms with van der Waals surface area (Å²) in [6.07, 6.45) is 1.06. The first-order valence-electron chi connectivity index (χ1n) is 8.18. The molecule has 1 amide bonds. The van der Waals surface area contributed by atoms with Crippen LogP contribution in [0.1, 0.15) is 47.0 Å². The number of amides is 1. The molecule has 0 aliphatic heterocycles. The number of hydrogen-bond donors (Lipinski definition) is 2. The molecule has 0 unspecified atom stereocenters. The number of carbonyl (C=O) groups is 2. The zero-order valence-electron chi connectivity index (χ0n) is 14.7. The maximum atomic E-state index is 12.2. The van der Waals surface area contributed by atoms with Gasteiger partial charge in [-0.2, -0.15) is 0 Å². The number of carboxylic acids is 1. The zero-order chi connectivity index (χ0) is 18.4. The first-order valence-corrected chi connectivity index (χ1v) is 8.18. The van der Waals surface area contributed by atoms with Crippen molar-refractivity contribution >= 4 is 11.9 Å². The normalized spacial score (nSPS) is 10.7. The molecule has 0 saturated carbocycles. The molecule has 2 aromatic rings. The fraction of sp³-hybridized carbons (Fsp3) is 0.368. The van der Waals surface area contributed by atoms with Gasteiger partial charge in [0, 0.05) is 5.56 Å². The molecule has 0 saturated heterocycles. The minimum atomic E-state index is -1.04. The largest absolute Gasteiger partial charge is 0.492 e. The van der Waals surface area contributed by atoms with Crippen LogP contribution >= 0.6 is 0 Å². The first-order chi connectivity index (χ1) is 11.9. The van der Waals surface area contributed by atoms with Crippen LogP contribution < -0.4 is 10.1 Å². The van der Waals surface area contributed by atoms with Gasteiger partial charge in [0.1, 0.15) is 24.5 Å². The van der Waals surface area contributed by atoms with Gasteiger partial charge in [0.2, 0.25) is 0 Å². The van der Waals surface area contributed by atoms with Crippen LogP contribution in [0.2, 0.25) is 0 Å². The van der Waals surface area contributed by atoms with E-state index in [9.17, 15) is 9.59 Å². The van der Waals surface area contributed by atoms with Crippen molar-refractivity contribution in [2.75, 3.05) is 13.2 Å². The molecule has 0 bridgehead atoms. The van der Waals surface area contributed by atoms with Gasteiger partial charge in [-0.25, -0.2) is 0 Å². The van der Waals surface area contributed by atoms with Crippen LogP contribution in [-0.2, 0) is 11.2 Å². The third-order valence-corrected chi connectivity index (χ3v) is 3.79. The number of ether oxygens (including phenoxy) is 1. The molecule has 0 fully saturated rings. The van der Waals surface area contributed by atoms with E-state index in [1.807, 2.05) is 24.3 Å². The zero-order valence-corrected chi connectivity index (χ0v) is 14.7. The van der Waals surface area contributed by atoms with E-state index in [0.29, 0.717) is 24.6 Å². The quantitative estimate of drug-likeness (QED) is 0.718. The number of benzene rings is 1. The van der Waals surface area contributed by atoms with E-state index in [-0.39, 0.29) is 23.7 Å². The first kappa shape index (κ1) is 18.6. The Morgan fingerprint density at radius 3 is 2.52 bits per heavy atom. The van der Waals surface area contributed by atoms with Gasteiger partial charge < -0.3 is 19.6 Å². The SMILES string of the molecule is Cc1coc(CC(=O)O)c1C(=O)NCCOc1ccc(C(C)C)cc1. The summed E-state index contributed by atoms with van der Waals surface area (Å²) < 4.78 is 10.8. The Labute approximate surface area is 146 Å². The molecule has 134 valence electrons. The summed E-state index contributed by atoms with van der Waals surface area (Å²) in [6.45, 7) is 6.58. The molecule has 0 radical (unpaired) electrons. The second kappa shape index (κ2) is 8.37. The molecule has 25 heavy (non-hydrogen) atoms. The van der Waals surface area contributed by atoms with E-state index in [1.165, 1.54) is 11.8 Å². The van der Waals surface area contributed by atoms with Crippen molar-refractivity contribution in [3.05, 3.63) is 53.0 Å². The topological polar surface area (TPSA) is 88.8 Å². The smallest absolute Gasteiger partial charge is 0.311 e. The molecule has 6 heteroatoms. The van der Waals surface area contributed by atoms with Gasteiger partial charge in [-0.15, -0.1) is 0 Å². The Kier molecular flexibility index (Phi) is 6.22. The van der Waals surface area contributed by atoms with Crippen molar-refractivity contribution in [1.82, 2.24) is 5.32 Å². The highest BCUT2D eigenvalue weighted by atomic mass is 16.5. The molecular formula is C19H23NO5. The Morgan fingerprint density at radius 2 is 1.92 bits per heavy atom. The minimum Gasteiger partial charge on any atom is -0.492 e. The second-order valence-electron chi connectivity index (χ2n) is 6.12. The third kappa shape index (κ3) is 5.11. The molecule has 0 aliphatic carbocycles. The fourth-order valence-electron chi connectivity index (χ4n) is 2.44. The molecule has 0 spiro atoms. The lowest BCUT2D eigenvalue weighted by molar-refractivity contribution is -0.136. The molecule has 0 aliphatic rings. The van der Waals surface area contributed by atoms with Crippen LogP contribution in [0, 0.1) is 6.92 Å². The molecule has 2 N–H and O–H groups in total. The van der Waals surface area contributed by atoms with Gasteiger partial charge in [-0.3, -0.25) is 9.59 Å². The number of carbonyl (C=O) groups excluding carboxylic acids is 1. The average Bonchev–Trinajstić information content (AvgIpc) is 2.91. The Morgan fingerprint density at radius 1 is 1.24 bits per heavy atom. The van der Waals surface area contributed by atoms with Crippen LogP contribution in [-0.4, -0.2) is 30.1 Å². The van der Waals surface area contributed by atoms with E-state index in [0.717, 1.165) is 5.75 Å². The number of aryl methyl sites for hydroxylation is 1. The molecule has 0 atom stereocenters. The molecular weight excluding hydrogens is 322 g/mol. The minimum absolute atomic E-state index is 0.160. The average molecular weight is 345 g/mol. The van der Waals surface area contributed by atoms with Crippen molar-refractivity contribution < 1.29 is 23.8 Å². The highest BCUT2D eigenvalue weighted by Crippen LogP contribution is 2.19. The lowest BCUT2D eigenvalue weighted by Gasteiger charge is -2.10. The van der Waals surface area contributed by atoms with Gasteiger partial charge in [0.25, 0.3) is 5.91 Å². The number of hydrogen-bond acceptors (Lipinski definition) is 4. The Balaban J connectivity index is 1.84. The number of furan rings is 1. The number of carboxylic acid groups (broad SMARTS) is 1. The van der Waals surface area contributed by atoms with Crippen LogP contribution in [0.25, 0.3) is 0 Å². The van der Waals surface area contributed by atoms with Crippen molar-refractivity contribution in [3.63, 3.8) is 0 Å². The van der Waals surface area contributed by atoms with Crippen molar-refractivity contribution in [1.29, 1.82) is 0 Å². The van der Waals surface area contributed by atoms with Crippen LogP contribution in [0.5, 0.6) is 5.75 Å². The summed E-state index contributed by atoms with van der Waals surface area (Å²) in [5, 5.41) is 11.6. The second-order valence-corrected chi connectivity index (χ2v) is 6.12. The Bertz CT molecular complexity index is 731. The van der Waals surface area contributed by atoms with Gasteiger partial charge in [-0.05, 0) is 30.5 Å². The van der Waals surface area contributed by atoms with Gasteiger partial charge in [0.15, 0.2) is 0 Å². The van der Waals surface area contributed by atoms with Crippen LogP contribution in [0.3, 0.4) is 0 Å². The highest BCUT2D eigenvalue weighted by molar-refractivity contribution is 5.97. The van der Waals surface area contributed by atoms with Crippen LogP contribution in [0.15, 0.2) is 34.9 Å². The van der Waals surface area contributed by atoms with Gasteiger partial charge in [0.05, 0.1) is 18.4 Å². The van der Waals surface area contributed by atoms with Gasteiger partial charge in [-0.1, -0.05) is 26.0 Å². The molecule has 1 aromatic heterocycles. The van der Waals surface area contributed by atoms with Crippen molar-refractivity contribution in [2.45, 2.75) is 33.1 Å². The summed E-state index contributed by atoms with van der Waals surface area (Å²) in [5.74, 6) is -0.0400. The summed E-state index contributed by atoms with van der Waals surface area (Å²) >= 11 is 0. The fourth-order valence-corrected chi connectivity index (χ4v) is 2.44. The molecule has 2 rings (SSSR count). The molecule has 1 heterocycles. The van der Waals surface area contributed by atoms with Gasteiger partial charge >= 0.3 is 5.97 Å². The third-order valence-electron chi connectivity index (χ3n) is 3.79. The summed E-state index contributed by atoms with van der Waals surface area (Å²) in [4.78, 5) is 23.1. The molecule has 1 aromatic carbocycles. The summed E-state index contributed by atoms with van der Waals surface area (Å²) in [6, 6.07) is 7.85. The number of rotatable bonds is 8. The van der Waals surface area contributed by atoms with E-state index < -0.39 is 5.97 Å². The predicted molar refractivity (Wildman–Crippen MR) is 93.1 cm³/mol. The standard InChI is InChI=1S/C19H23NO5/c1-12(2)14-4-6-15(7-5-14)24-9-8-20-19(23)18-13(3)11-25-16(18)10-17(21)22/h4-7,11-12H,8-10H2,1-3H3,(H,20,23)(H,21,22). The lowest BCUT2D eigenvalue weighted by atomic mass is 10.0. The van der Waals surface area contributed by atoms with E-state index >= 15 is 0 Å². The van der Waals surface area contributed by atoms with E-state index in [1.54, 1.807) is 6.92 Å². The predicted octanol–water partition coefficient (Wildman–Crippen LogP) is 3.15. The van der Waals surface area contributed by atoms with Crippen molar-refractivity contribution in [3.8, 4) is 5.75 Å². The molecule has 6 nitrogen and oxygen atoms in total. The lowest BCUT2D eigenvalue weighted by Crippen LogP contribution is -2.29. The number of aliphatic carboxylic acids is 1. The maximum Gasteiger partial charge on any atom is 0.311 e. The number of nitrogens with one attached hydrogen (secondary N) is 1. The maximum absolute atomic E-state index is 12.2. The van der Waals surface area contributed by atoms with E-state index in [4.69, 9.17) is 14.3 Å². The van der Waals surface area contributed by atoms with Crippen LogP contribution in [0.4, 0.5) is 0 Å². The Hall–Kier alpha value is -2.76. The monoisotopic (exact) mass is 345 g/mol.